The summed E-state index contributed by atoms with van der Waals surface area (Å²) >= 11 is 0. The van der Waals surface area contributed by atoms with E-state index in [1.165, 1.54) is 0 Å². The number of aliphatic hydroxyl groups is 20. The Morgan fingerprint density at radius 2 is 0.522 bits per heavy atom. The molecule has 0 aromatic carbocycles. The molecule has 6 saturated heterocycles. The van der Waals surface area contributed by atoms with E-state index in [0.717, 1.165) is 0 Å². The van der Waals surface area contributed by atoms with Crippen LogP contribution < -0.4 is 0 Å². The van der Waals surface area contributed by atoms with Crippen molar-refractivity contribution in [1.29, 1.82) is 0 Å². The van der Waals surface area contributed by atoms with Gasteiger partial charge in [0.25, 0.3) is 0 Å². The number of hydrogen-bond acceptors (Lipinski definition) is 31. The van der Waals surface area contributed by atoms with Gasteiger partial charge in [0, 0.05) is 0 Å². The Morgan fingerprint density at radius 3 is 0.896 bits per heavy atom. The minimum atomic E-state index is -2.11. The number of hydrogen-bond donors (Lipinski definition) is 20. The SMILES string of the molecule is OC[C@H]1O[C@@H](OC[C@H]2O[C@@H](OC[C@H]3O[C@@H](OC[C@H]4OC(O)[C@H](O)[C@@H](O[C@@H]5O[C@H](CO)[C@@H](O)[C@H](O)[C@H]5O)[C@@H]4O)[C@H](O)[C@@H](O)[C@@H]3O)[C@H](O)[C@@H](O[C@@H]3O[C@H](CO)[C@@H](O)[C@H](O)[C@H]3O)[C@@H]2O)[C@H](O)[C@@H](O)[C@H]1O. The molecule has 6 aliphatic rings. The van der Waals surface area contributed by atoms with Crippen molar-refractivity contribution in [3.8, 4) is 0 Å². The summed E-state index contributed by atoms with van der Waals surface area (Å²) in [5.41, 5.74) is 0. The zero-order chi connectivity index (χ0) is 49.3. The molecule has 0 aromatic rings. The summed E-state index contributed by atoms with van der Waals surface area (Å²) in [5.74, 6) is 0. The summed E-state index contributed by atoms with van der Waals surface area (Å²) in [6.07, 6.45) is -56.2. The maximum Gasteiger partial charge on any atom is 0.187 e. The molecule has 6 heterocycles. The molecule has 31 heteroatoms. The Hall–Kier alpha value is -1.24. The molecule has 6 rings (SSSR count). The second kappa shape index (κ2) is 23.5. The average molecular weight is 991 g/mol. The van der Waals surface area contributed by atoms with E-state index in [2.05, 4.69) is 0 Å². The first-order valence-electron chi connectivity index (χ1n) is 21.1. The maximum atomic E-state index is 11.4. The van der Waals surface area contributed by atoms with Crippen LogP contribution in [0.5, 0.6) is 0 Å². The average Bonchev–Trinajstić information content (AvgIpc) is 3.31. The maximum absolute atomic E-state index is 11.4. The molecular formula is C36H62O31. The standard InChI is InChI=1S/C36H62O31/c37-1-7-13(40)19(46)23(50)32(61-7)58-6-12-18(45)30(67-36-26(53)21(48)15(42)9(3-39)63-36)28(55)34(65-12)59-4-10-16(43)22(49)24(51)33(64-10)57-5-11-17(44)29(27(54)31(56)60-11)66-35-25(52)20(47)14(41)8(2-38)62-35/h7-56H,1-6H2/t7-,8-,9-,10-,11-,12-,13+,14-,15-,16-,17-,18-,19+,20+,21+,22+,23-,24-,25-,26-,27-,28-,29+,30+,31?,32-,33-,34-,35+,36+/m1/s1. The molecule has 6 fully saturated rings. The molecule has 67 heavy (non-hydrogen) atoms. The van der Waals surface area contributed by atoms with E-state index >= 15 is 0 Å². The van der Waals surface area contributed by atoms with Gasteiger partial charge in [-0.1, -0.05) is 0 Å². The van der Waals surface area contributed by atoms with Crippen LogP contribution in [0.25, 0.3) is 0 Å². The summed E-state index contributed by atoms with van der Waals surface area (Å²) in [7, 11) is 0. The van der Waals surface area contributed by atoms with E-state index in [-0.39, 0.29) is 0 Å². The van der Waals surface area contributed by atoms with Crippen molar-refractivity contribution in [2.75, 3.05) is 39.6 Å². The highest BCUT2D eigenvalue weighted by atomic mass is 16.8. The first-order valence-corrected chi connectivity index (χ1v) is 21.1. The lowest BCUT2D eigenvalue weighted by atomic mass is 9.96. The van der Waals surface area contributed by atoms with E-state index in [0.29, 0.717) is 0 Å². The van der Waals surface area contributed by atoms with Crippen LogP contribution in [0.4, 0.5) is 0 Å². The third kappa shape index (κ3) is 11.7. The fourth-order valence-electron chi connectivity index (χ4n) is 8.19. The van der Waals surface area contributed by atoms with Crippen LogP contribution in [-0.2, 0) is 52.1 Å². The molecule has 6 aliphatic heterocycles. The Morgan fingerprint density at radius 1 is 0.254 bits per heavy atom. The molecule has 0 aliphatic carbocycles. The fraction of sp³-hybridized carbons (Fsp3) is 1.00. The molecule has 0 spiro atoms. The molecule has 0 amide bonds. The lowest BCUT2D eigenvalue weighted by Crippen LogP contribution is -2.66. The fourth-order valence-corrected chi connectivity index (χ4v) is 8.19. The minimum Gasteiger partial charge on any atom is -0.394 e. The van der Waals surface area contributed by atoms with Crippen LogP contribution in [0.2, 0.25) is 0 Å². The normalized spacial score (nSPS) is 53.4. The van der Waals surface area contributed by atoms with E-state index in [1.807, 2.05) is 0 Å². The van der Waals surface area contributed by atoms with Gasteiger partial charge >= 0.3 is 0 Å². The number of aliphatic hydroxyl groups excluding tert-OH is 20. The molecule has 30 atom stereocenters. The Balaban J connectivity index is 1.13. The molecule has 392 valence electrons. The van der Waals surface area contributed by atoms with Gasteiger partial charge in [0.1, 0.15) is 146 Å². The van der Waals surface area contributed by atoms with E-state index < -0.39 is 224 Å². The van der Waals surface area contributed by atoms with E-state index in [1.54, 1.807) is 0 Å². The van der Waals surface area contributed by atoms with Crippen molar-refractivity contribution in [2.24, 2.45) is 0 Å². The summed E-state index contributed by atoms with van der Waals surface area (Å²) in [6.45, 7) is -5.10. The van der Waals surface area contributed by atoms with Gasteiger partial charge in [-0.3, -0.25) is 0 Å². The summed E-state index contributed by atoms with van der Waals surface area (Å²) < 4.78 is 60.3. The van der Waals surface area contributed by atoms with Gasteiger partial charge < -0.3 is 154 Å². The quantitative estimate of drug-likeness (QED) is 0.0683. The largest absolute Gasteiger partial charge is 0.394 e. The minimum absolute atomic E-state index is 0.816. The third-order valence-electron chi connectivity index (χ3n) is 12.4. The predicted molar refractivity (Wildman–Crippen MR) is 199 cm³/mol. The van der Waals surface area contributed by atoms with Crippen molar-refractivity contribution >= 4 is 0 Å². The zero-order valence-corrected chi connectivity index (χ0v) is 35.0. The van der Waals surface area contributed by atoms with Gasteiger partial charge in [-0.25, -0.2) is 0 Å². The van der Waals surface area contributed by atoms with Gasteiger partial charge in [0.15, 0.2) is 37.7 Å². The highest BCUT2D eigenvalue weighted by molar-refractivity contribution is 4.98. The molecule has 1 unspecified atom stereocenters. The number of ether oxygens (including phenoxy) is 11. The van der Waals surface area contributed by atoms with Crippen molar-refractivity contribution < 1.29 is 154 Å². The first kappa shape index (κ1) is 55.1. The molecule has 0 aromatic heterocycles. The molecule has 0 radical (unpaired) electrons. The van der Waals surface area contributed by atoms with Crippen molar-refractivity contribution in [2.45, 2.75) is 184 Å². The van der Waals surface area contributed by atoms with Gasteiger partial charge in [0.05, 0.1) is 39.6 Å². The highest BCUT2D eigenvalue weighted by Gasteiger charge is 2.55. The van der Waals surface area contributed by atoms with Crippen molar-refractivity contribution in [1.82, 2.24) is 0 Å². The lowest BCUT2D eigenvalue weighted by molar-refractivity contribution is -0.372. The van der Waals surface area contributed by atoms with Crippen LogP contribution in [0.15, 0.2) is 0 Å². The van der Waals surface area contributed by atoms with Crippen LogP contribution in [0.1, 0.15) is 0 Å². The second-order valence-electron chi connectivity index (χ2n) is 16.9. The molecule has 0 saturated carbocycles. The molecular weight excluding hydrogens is 928 g/mol. The van der Waals surface area contributed by atoms with Gasteiger partial charge in [-0.15, -0.1) is 0 Å². The summed E-state index contributed by atoms with van der Waals surface area (Å²) in [4.78, 5) is 0. The highest BCUT2D eigenvalue weighted by Crippen LogP contribution is 2.34. The van der Waals surface area contributed by atoms with Crippen molar-refractivity contribution in [3.63, 3.8) is 0 Å². The van der Waals surface area contributed by atoms with Crippen LogP contribution in [0, 0.1) is 0 Å². The van der Waals surface area contributed by atoms with Gasteiger partial charge in [-0.2, -0.15) is 0 Å². The third-order valence-corrected chi connectivity index (χ3v) is 12.4. The van der Waals surface area contributed by atoms with Gasteiger partial charge in [0.2, 0.25) is 0 Å². The van der Waals surface area contributed by atoms with E-state index in [9.17, 15) is 102 Å². The molecule has 31 nitrogen and oxygen atoms in total. The first-order chi connectivity index (χ1) is 31.6. The topological polar surface area (TPSA) is 506 Å². The number of rotatable bonds is 16. The van der Waals surface area contributed by atoms with Crippen molar-refractivity contribution in [3.05, 3.63) is 0 Å². The molecule has 0 bridgehead atoms. The zero-order valence-electron chi connectivity index (χ0n) is 35.0. The monoisotopic (exact) mass is 990 g/mol. The summed E-state index contributed by atoms with van der Waals surface area (Å²) in [6, 6.07) is 0. The van der Waals surface area contributed by atoms with Crippen LogP contribution in [0.3, 0.4) is 0 Å². The Kier molecular flexibility index (Phi) is 19.4. The second-order valence-corrected chi connectivity index (χ2v) is 16.9. The Labute approximate surface area is 378 Å². The van der Waals surface area contributed by atoms with Crippen LogP contribution in [-0.4, -0.2) is 326 Å². The Bertz CT molecular complexity index is 1500. The van der Waals surface area contributed by atoms with Crippen LogP contribution >= 0.6 is 0 Å². The lowest BCUT2D eigenvalue weighted by Gasteiger charge is -2.47. The van der Waals surface area contributed by atoms with E-state index in [4.69, 9.17) is 52.1 Å². The smallest absolute Gasteiger partial charge is 0.187 e. The molecule has 20 N–H and O–H groups in total. The predicted octanol–water partition coefficient (Wildman–Crippen LogP) is -14.1. The summed E-state index contributed by atoms with van der Waals surface area (Å²) in [5, 5.41) is 208. The van der Waals surface area contributed by atoms with Gasteiger partial charge in [-0.05, 0) is 0 Å².